The Hall–Kier alpha value is -1.66. The molecule has 1 saturated carbocycles. The van der Waals surface area contributed by atoms with Crippen molar-refractivity contribution < 1.29 is 21.9 Å². The van der Waals surface area contributed by atoms with Gasteiger partial charge in [-0.2, -0.15) is 0 Å². The van der Waals surface area contributed by atoms with E-state index in [1.165, 1.54) is 30.3 Å². The highest BCUT2D eigenvalue weighted by Crippen LogP contribution is 2.36. The lowest BCUT2D eigenvalue weighted by Gasteiger charge is -2.14. The number of hydrogen-bond acceptors (Lipinski definition) is 3. The Morgan fingerprint density at radius 1 is 1.04 bits per heavy atom. The summed E-state index contributed by atoms with van der Waals surface area (Å²) in [6, 6.07) is 9.03. The molecule has 3 rings (SSSR count). The van der Waals surface area contributed by atoms with Gasteiger partial charge in [-0.3, -0.25) is 0 Å². The van der Waals surface area contributed by atoms with E-state index in [-0.39, 0.29) is 21.7 Å². The Labute approximate surface area is 150 Å². The van der Waals surface area contributed by atoms with Gasteiger partial charge in [0.1, 0.15) is 17.4 Å². The zero-order valence-corrected chi connectivity index (χ0v) is 14.9. The molecule has 7 heteroatoms. The van der Waals surface area contributed by atoms with Crippen molar-refractivity contribution in [2.24, 2.45) is 5.92 Å². The van der Waals surface area contributed by atoms with Crippen LogP contribution in [0.3, 0.4) is 0 Å². The molecule has 1 aliphatic rings. The van der Waals surface area contributed by atoms with Gasteiger partial charge in [-0.15, -0.1) is 0 Å². The van der Waals surface area contributed by atoms with Crippen molar-refractivity contribution in [3.05, 3.63) is 59.1 Å². The molecule has 0 spiro atoms. The molecule has 1 fully saturated rings. The van der Waals surface area contributed by atoms with Gasteiger partial charge in [0, 0.05) is 0 Å². The van der Waals surface area contributed by atoms with Gasteiger partial charge in [-0.1, -0.05) is 11.6 Å². The molecule has 0 saturated heterocycles. The standard InChI is InChI=1S/C18H17ClF2O3S/c19-17-10-14(21)4-8-18(17)25(22,23)16-7-1-12(9-16)11-24-15-5-2-13(20)3-6-15/h2-6,8,10,12,16H,1,7,9,11H2/t12-,16-/m1/s1. The number of rotatable bonds is 5. The third kappa shape index (κ3) is 4.12. The van der Waals surface area contributed by atoms with E-state index in [4.69, 9.17) is 16.3 Å². The van der Waals surface area contributed by atoms with Crippen LogP contribution in [0.25, 0.3) is 0 Å². The van der Waals surface area contributed by atoms with E-state index in [1.807, 2.05) is 0 Å². The number of hydrogen-bond donors (Lipinski definition) is 0. The molecular weight excluding hydrogens is 370 g/mol. The van der Waals surface area contributed by atoms with Gasteiger partial charge in [-0.25, -0.2) is 17.2 Å². The molecule has 2 atom stereocenters. The second kappa shape index (κ2) is 7.30. The third-order valence-electron chi connectivity index (χ3n) is 4.43. The van der Waals surface area contributed by atoms with Crippen molar-refractivity contribution in [1.82, 2.24) is 0 Å². The van der Waals surface area contributed by atoms with Crippen LogP contribution in [0.15, 0.2) is 47.4 Å². The average molecular weight is 387 g/mol. The summed E-state index contributed by atoms with van der Waals surface area (Å²) in [7, 11) is -3.61. The molecule has 0 aliphatic heterocycles. The molecule has 2 aromatic rings. The molecule has 2 aromatic carbocycles. The van der Waals surface area contributed by atoms with Crippen LogP contribution >= 0.6 is 11.6 Å². The van der Waals surface area contributed by atoms with Crippen molar-refractivity contribution >= 4 is 21.4 Å². The topological polar surface area (TPSA) is 43.4 Å². The minimum atomic E-state index is -3.61. The summed E-state index contributed by atoms with van der Waals surface area (Å²) >= 11 is 5.91. The van der Waals surface area contributed by atoms with Gasteiger partial charge in [0.05, 0.1) is 21.8 Å². The van der Waals surface area contributed by atoms with E-state index < -0.39 is 20.9 Å². The minimum Gasteiger partial charge on any atom is -0.493 e. The van der Waals surface area contributed by atoms with Crippen LogP contribution in [-0.2, 0) is 9.84 Å². The number of ether oxygens (including phenoxy) is 1. The normalized spacial score (nSPS) is 20.6. The highest BCUT2D eigenvalue weighted by Gasteiger charge is 2.36. The van der Waals surface area contributed by atoms with Crippen LogP contribution in [0.2, 0.25) is 5.02 Å². The molecule has 1 aliphatic carbocycles. The first-order valence-electron chi connectivity index (χ1n) is 7.93. The molecule has 0 radical (unpaired) electrons. The van der Waals surface area contributed by atoms with E-state index >= 15 is 0 Å². The molecule has 0 bridgehead atoms. The fraction of sp³-hybridized carbons (Fsp3) is 0.333. The van der Waals surface area contributed by atoms with Gasteiger partial charge in [-0.05, 0) is 67.6 Å². The quantitative estimate of drug-likeness (QED) is 0.703. The largest absolute Gasteiger partial charge is 0.493 e. The van der Waals surface area contributed by atoms with Gasteiger partial charge in [0.25, 0.3) is 0 Å². The molecule has 0 aromatic heterocycles. The lowest BCUT2D eigenvalue weighted by molar-refractivity contribution is 0.252. The first-order valence-corrected chi connectivity index (χ1v) is 9.86. The summed E-state index contributed by atoms with van der Waals surface area (Å²) in [4.78, 5) is -0.0272. The second-order valence-corrected chi connectivity index (χ2v) is 8.79. The van der Waals surface area contributed by atoms with Crippen molar-refractivity contribution in [2.45, 2.75) is 29.4 Å². The number of benzene rings is 2. The van der Waals surface area contributed by atoms with E-state index in [1.54, 1.807) is 0 Å². The summed E-state index contributed by atoms with van der Waals surface area (Å²) in [6.07, 6.45) is 1.68. The second-order valence-electron chi connectivity index (χ2n) is 6.19. The zero-order valence-electron chi connectivity index (χ0n) is 13.3. The van der Waals surface area contributed by atoms with Gasteiger partial charge in [0.2, 0.25) is 0 Å². The highest BCUT2D eigenvalue weighted by atomic mass is 35.5. The summed E-state index contributed by atoms with van der Waals surface area (Å²) < 4.78 is 57.1. The van der Waals surface area contributed by atoms with Gasteiger partial charge < -0.3 is 4.74 Å². The van der Waals surface area contributed by atoms with Crippen LogP contribution in [0.5, 0.6) is 5.75 Å². The lowest BCUT2D eigenvalue weighted by Crippen LogP contribution is -2.20. The SMILES string of the molecule is O=S(=O)(c1ccc(F)cc1Cl)[C@@H]1CC[C@@H](COc2ccc(F)cc2)C1. The van der Waals surface area contributed by atoms with Crippen LogP contribution in [0.4, 0.5) is 8.78 Å². The Balaban J connectivity index is 1.64. The zero-order chi connectivity index (χ0) is 18.0. The summed E-state index contributed by atoms with van der Waals surface area (Å²) in [5.41, 5.74) is 0. The molecule has 3 nitrogen and oxygen atoms in total. The Bertz CT molecular complexity index is 853. The monoisotopic (exact) mass is 386 g/mol. The van der Waals surface area contributed by atoms with E-state index in [0.717, 1.165) is 12.1 Å². The maximum Gasteiger partial charge on any atom is 0.182 e. The maximum atomic E-state index is 13.1. The third-order valence-corrected chi connectivity index (χ3v) is 7.13. The molecular formula is C18H17ClF2O3S. The van der Waals surface area contributed by atoms with Crippen molar-refractivity contribution in [3.8, 4) is 5.75 Å². The van der Waals surface area contributed by atoms with Gasteiger partial charge in [0.15, 0.2) is 9.84 Å². The first-order chi connectivity index (χ1) is 11.9. The Kier molecular flexibility index (Phi) is 5.29. The van der Waals surface area contributed by atoms with Crippen LogP contribution in [-0.4, -0.2) is 20.3 Å². The molecule has 0 amide bonds. The highest BCUT2D eigenvalue weighted by molar-refractivity contribution is 7.92. The average Bonchev–Trinajstić information content (AvgIpc) is 3.04. The molecule has 0 unspecified atom stereocenters. The smallest absolute Gasteiger partial charge is 0.182 e. The minimum absolute atomic E-state index is 0.0272. The predicted molar refractivity (Wildman–Crippen MR) is 91.6 cm³/mol. The van der Waals surface area contributed by atoms with Crippen molar-refractivity contribution in [1.29, 1.82) is 0 Å². The van der Waals surface area contributed by atoms with E-state index in [2.05, 4.69) is 0 Å². The first kappa shape index (κ1) is 18.1. The van der Waals surface area contributed by atoms with Gasteiger partial charge >= 0.3 is 0 Å². The van der Waals surface area contributed by atoms with E-state index in [0.29, 0.717) is 31.6 Å². The van der Waals surface area contributed by atoms with Crippen molar-refractivity contribution in [3.63, 3.8) is 0 Å². The summed E-state index contributed by atoms with van der Waals surface area (Å²) in [6.45, 7) is 0.370. The fourth-order valence-corrected chi connectivity index (χ4v) is 5.50. The molecule has 25 heavy (non-hydrogen) atoms. The Morgan fingerprint density at radius 3 is 2.40 bits per heavy atom. The fourth-order valence-electron chi connectivity index (χ4n) is 3.09. The van der Waals surface area contributed by atoms with Crippen LogP contribution in [0.1, 0.15) is 19.3 Å². The Morgan fingerprint density at radius 2 is 1.72 bits per heavy atom. The lowest BCUT2D eigenvalue weighted by atomic mass is 10.1. The summed E-state index contributed by atoms with van der Waals surface area (Å²) in [5.74, 6) is -0.269. The van der Waals surface area contributed by atoms with Crippen LogP contribution in [0, 0.1) is 17.6 Å². The van der Waals surface area contributed by atoms with Crippen LogP contribution < -0.4 is 4.74 Å². The van der Waals surface area contributed by atoms with E-state index in [9.17, 15) is 17.2 Å². The molecule has 0 heterocycles. The summed E-state index contributed by atoms with van der Waals surface area (Å²) in [5, 5.41) is -0.650. The van der Waals surface area contributed by atoms with Crippen molar-refractivity contribution in [2.75, 3.05) is 6.61 Å². The maximum absolute atomic E-state index is 13.1. The predicted octanol–water partition coefficient (Wildman–Crippen LogP) is 4.64. The number of halogens is 3. The molecule has 134 valence electrons. The molecule has 0 N–H and O–H groups in total. The number of sulfone groups is 1.